The minimum Gasteiger partial charge on any atom is -0.312 e. The van der Waals surface area contributed by atoms with E-state index in [0.29, 0.717) is 6.04 Å². The summed E-state index contributed by atoms with van der Waals surface area (Å²) in [4.78, 5) is 1.12. The first kappa shape index (κ1) is 10.9. The topological polar surface area (TPSA) is 42.7 Å². The SMILES string of the molecule is Brc1cc(-c2cn(C3CNC3)nn2)sc1Br. The molecule has 1 N–H and O–H groups in total. The molecular formula is C9H8Br2N4S. The first-order valence-electron chi connectivity index (χ1n) is 4.82. The van der Waals surface area contributed by atoms with Crippen molar-refractivity contribution in [1.82, 2.24) is 20.3 Å². The van der Waals surface area contributed by atoms with E-state index in [-0.39, 0.29) is 0 Å². The van der Waals surface area contributed by atoms with Gasteiger partial charge in [0.15, 0.2) is 0 Å². The normalized spacial score (nSPS) is 16.4. The van der Waals surface area contributed by atoms with Crippen molar-refractivity contribution in [3.8, 4) is 10.6 Å². The molecule has 0 atom stereocenters. The van der Waals surface area contributed by atoms with Crippen molar-refractivity contribution in [1.29, 1.82) is 0 Å². The highest BCUT2D eigenvalue weighted by atomic mass is 79.9. The number of hydrogen-bond acceptors (Lipinski definition) is 4. The molecule has 0 aromatic carbocycles. The van der Waals surface area contributed by atoms with Crippen LogP contribution in [-0.4, -0.2) is 28.1 Å². The average Bonchev–Trinajstić information content (AvgIpc) is 2.73. The second-order valence-corrected chi connectivity index (χ2v) is 6.85. The number of hydrogen-bond donors (Lipinski definition) is 1. The molecule has 0 saturated carbocycles. The molecule has 1 aliphatic heterocycles. The van der Waals surface area contributed by atoms with Gasteiger partial charge >= 0.3 is 0 Å². The van der Waals surface area contributed by atoms with E-state index in [4.69, 9.17) is 0 Å². The Kier molecular flexibility index (Phi) is 2.87. The lowest BCUT2D eigenvalue weighted by molar-refractivity contribution is 0.313. The standard InChI is InChI=1S/C9H8Br2N4S/c10-6-1-8(16-9(6)11)7-4-15(14-13-7)5-2-12-3-5/h1,4-5,12H,2-3H2. The van der Waals surface area contributed by atoms with Gasteiger partial charge in [-0.2, -0.15) is 0 Å². The highest BCUT2D eigenvalue weighted by Gasteiger charge is 2.20. The van der Waals surface area contributed by atoms with Crippen molar-refractivity contribution in [2.45, 2.75) is 6.04 Å². The molecule has 0 spiro atoms. The lowest BCUT2D eigenvalue weighted by Crippen LogP contribution is -2.43. The zero-order valence-corrected chi connectivity index (χ0v) is 12.1. The van der Waals surface area contributed by atoms with Gasteiger partial charge in [-0.15, -0.1) is 16.4 Å². The van der Waals surface area contributed by atoms with E-state index in [9.17, 15) is 0 Å². The maximum absolute atomic E-state index is 4.20. The van der Waals surface area contributed by atoms with Crippen molar-refractivity contribution in [3.05, 3.63) is 20.5 Å². The maximum atomic E-state index is 4.20. The molecule has 0 unspecified atom stereocenters. The van der Waals surface area contributed by atoms with Crippen LogP contribution in [0, 0.1) is 0 Å². The van der Waals surface area contributed by atoms with Gasteiger partial charge in [-0.05, 0) is 37.9 Å². The number of nitrogens with one attached hydrogen (secondary N) is 1. The van der Waals surface area contributed by atoms with Gasteiger partial charge in [0.25, 0.3) is 0 Å². The summed E-state index contributed by atoms with van der Waals surface area (Å²) in [6.07, 6.45) is 2.01. The van der Waals surface area contributed by atoms with Gasteiger partial charge in [0.2, 0.25) is 0 Å². The van der Waals surface area contributed by atoms with Crippen molar-refractivity contribution >= 4 is 43.2 Å². The Bertz CT molecular complexity index is 498. The van der Waals surface area contributed by atoms with Crippen molar-refractivity contribution in [2.24, 2.45) is 0 Å². The van der Waals surface area contributed by atoms with E-state index >= 15 is 0 Å². The van der Waals surface area contributed by atoms with Gasteiger partial charge in [0, 0.05) is 17.6 Å². The Morgan fingerprint density at radius 3 is 2.81 bits per heavy atom. The molecule has 4 nitrogen and oxygen atoms in total. The molecule has 0 bridgehead atoms. The quantitative estimate of drug-likeness (QED) is 0.891. The third kappa shape index (κ3) is 1.85. The average molecular weight is 364 g/mol. The largest absolute Gasteiger partial charge is 0.312 e. The molecule has 16 heavy (non-hydrogen) atoms. The molecule has 2 aromatic rings. The zero-order chi connectivity index (χ0) is 11.1. The Morgan fingerprint density at radius 1 is 1.44 bits per heavy atom. The highest BCUT2D eigenvalue weighted by molar-refractivity contribution is 9.13. The Labute approximate surface area is 113 Å². The van der Waals surface area contributed by atoms with Gasteiger partial charge in [-0.3, -0.25) is 0 Å². The fraction of sp³-hybridized carbons (Fsp3) is 0.333. The number of halogens is 2. The molecule has 1 saturated heterocycles. The van der Waals surface area contributed by atoms with Crippen LogP contribution in [0.3, 0.4) is 0 Å². The lowest BCUT2D eigenvalue weighted by Gasteiger charge is -2.26. The molecule has 2 aromatic heterocycles. The summed E-state index contributed by atoms with van der Waals surface area (Å²) in [5.41, 5.74) is 0.934. The second-order valence-electron chi connectivity index (χ2n) is 3.63. The van der Waals surface area contributed by atoms with Crippen LogP contribution in [0.2, 0.25) is 0 Å². The van der Waals surface area contributed by atoms with Crippen LogP contribution in [0.5, 0.6) is 0 Å². The van der Waals surface area contributed by atoms with Gasteiger partial charge in [0.05, 0.1) is 20.9 Å². The van der Waals surface area contributed by atoms with Crippen LogP contribution in [0.4, 0.5) is 0 Å². The van der Waals surface area contributed by atoms with Crippen molar-refractivity contribution < 1.29 is 0 Å². The van der Waals surface area contributed by atoms with E-state index in [1.807, 2.05) is 10.9 Å². The number of thiophene rings is 1. The lowest BCUT2D eigenvalue weighted by atomic mass is 10.2. The van der Waals surface area contributed by atoms with E-state index < -0.39 is 0 Å². The monoisotopic (exact) mass is 362 g/mol. The van der Waals surface area contributed by atoms with Crippen LogP contribution >= 0.6 is 43.2 Å². The van der Waals surface area contributed by atoms with Crippen LogP contribution in [-0.2, 0) is 0 Å². The van der Waals surface area contributed by atoms with Crippen molar-refractivity contribution in [2.75, 3.05) is 13.1 Å². The van der Waals surface area contributed by atoms with Crippen LogP contribution < -0.4 is 5.32 Å². The summed E-state index contributed by atoms with van der Waals surface area (Å²) in [6.45, 7) is 1.97. The molecule has 7 heteroatoms. The third-order valence-electron chi connectivity index (χ3n) is 2.54. The Morgan fingerprint density at radius 2 is 2.25 bits per heavy atom. The van der Waals surface area contributed by atoms with Crippen LogP contribution in [0.1, 0.15) is 6.04 Å². The molecule has 0 radical (unpaired) electrons. The van der Waals surface area contributed by atoms with Crippen molar-refractivity contribution in [3.63, 3.8) is 0 Å². The predicted octanol–water partition coefficient (Wildman–Crippen LogP) is 2.68. The third-order valence-corrected chi connectivity index (χ3v) is 5.82. The molecule has 3 rings (SSSR count). The summed E-state index contributed by atoms with van der Waals surface area (Å²) in [5.74, 6) is 0. The molecular weight excluding hydrogens is 356 g/mol. The predicted molar refractivity (Wildman–Crippen MR) is 70.6 cm³/mol. The molecule has 84 valence electrons. The number of aromatic nitrogens is 3. The van der Waals surface area contributed by atoms with Gasteiger partial charge in [-0.25, -0.2) is 4.68 Å². The minimum atomic E-state index is 0.466. The van der Waals surface area contributed by atoms with Gasteiger partial charge in [0.1, 0.15) is 5.69 Å². The summed E-state index contributed by atoms with van der Waals surface area (Å²) in [5, 5.41) is 11.6. The van der Waals surface area contributed by atoms with E-state index in [2.05, 4.69) is 53.6 Å². The number of nitrogens with zero attached hydrogens (tertiary/aromatic N) is 3. The van der Waals surface area contributed by atoms with E-state index in [1.165, 1.54) is 0 Å². The summed E-state index contributed by atoms with van der Waals surface area (Å²) >= 11 is 8.61. The van der Waals surface area contributed by atoms with Crippen LogP contribution in [0.25, 0.3) is 10.6 Å². The summed E-state index contributed by atoms with van der Waals surface area (Å²) < 4.78 is 4.09. The molecule has 1 fully saturated rings. The highest BCUT2D eigenvalue weighted by Crippen LogP contribution is 2.37. The fourth-order valence-corrected chi connectivity index (χ4v) is 3.49. The molecule has 1 aliphatic rings. The minimum absolute atomic E-state index is 0.466. The van der Waals surface area contributed by atoms with E-state index in [1.54, 1.807) is 11.3 Å². The molecule has 0 amide bonds. The summed E-state index contributed by atoms with van der Waals surface area (Å²) in [6, 6.07) is 2.52. The smallest absolute Gasteiger partial charge is 0.123 e. The van der Waals surface area contributed by atoms with Crippen LogP contribution in [0.15, 0.2) is 20.5 Å². The summed E-state index contributed by atoms with van der Waals surface area (Å²) in [7, 11) is 0. The first-order valence-corrected chi connectivity index (χ1v) is 7.22. The van der Waals surface area contributed by atoms with E-state index in [0.717, 1.165) is 31.9 Å². The van der Waals surface area contributed by atoms with Gasteiger partial charge < -0.3 is 5.32 Å². The van der Waals surface area contributed by atoms with Gasteiger partial charge in [-0.1, -0.05) is 5.21 Å². The Balaban J connectivity index is 1.91. The second kappa shape index (κ2) is 4.21. The Hall–Kier alpha value is -0.240. The fourth-order valence-electron chi connectivity index (χ4n) is 1.50. The molecule has 3 heterocycles. The zero-order valence-electron chi connectivity index (χ0n) is 8.15. The molecule has 0 aliphatic carbocycles. The maximum Gasteiger partial charge on any atom is 0.123 e. The number of rotatable bonds is 2. The first-order chi connectivity index (χ1) is 7.74.